The van der Waals surface area contributed by atoms with E-state index in [4.69, 9.17) is 5.11 Å². The van der Waals surface area contributed by atoms with Crippen LogP contribution in [0.1, 0.15) is 5.01 Å². The van der Waals surface area contributed by atoms with E-state index in [-0.39, 0.29) is 6.54 Å². The van der Waals surface area contributed by atoms with Gasteiger partial charge in [0.05, 0.1) is 16.8 Å². The van der Waals surface area contributed by atoms with E-state index in [1.54, 1.807) is 16.2 Å². The molecule has 3 rings (SSSR count). The number of aliphatic hydroxyl groups is 1. The Morgan fingerprint density at radius 3 is 2.43 bits per heavy atom. The predicted octanol–water partition coefficient (Wildman–Crippen LogP) is 2.34. The van der Waals surface area contributed by atoms with Gasteiger partial charge in [-0.25, -0.2) is 4.98 Å². The minimum absolute atomic E-state index is 0.349. The first-order valence-electron chi connectivity index (χ1n) is 7.46. The van der Waals surface area contributed by atoms with Gasteiger partial charge < -0.3 is 5.11 Å². The summed E-state index contributed by atoms with van der Waals surface area (Å²) < 4.78 is 38.3. The number of para-hydroxylation sites is 1. The van der Waals surface area contributed by atoms with Crippen molar-refractivity contribution in [3.8, 4) is 0 Å². The van der Waals surface area contributed by atoms with Gasteiger partial charge in [0, 0.05) is 32.7 Å². The highest BCUT2D eigenvalue weighted by molar-refractivity contribution is 7.18. The van der Waals surface area contributed by atoms with E-state index < -0.39 is 12.3 Å². The second kappa shape index (κ2) is 6.72. The van der Waals surface area contributed by atoms with Crippen LogP contribution >= 0.6 is 11.3 Å². The number of hydrogen-bond acceptors (Lipinski definition) is 5. The Hall–Kier alpha value is -1.22. The molecule has 1 aromatic heterocycles. The van der Waals surface area contributed by atoms with Crippen LogP contribution in [0.5, 0.6) is 0 Å². The lowest BCUT2D eigenvalue weighted by Crippen LogP contribution is -2.50. The largest absolute Gasteiger partial charge is 0.415 e. The molecule has 0 radical (unpaired) electrons. The maximum Gasteiger partial charge on any atom is 0.415 e. The molecule has 1 aromatic carbocycles. The van der Waals surface area contributed by atoms with Gasteiger partial charge in [0.25, 0.3) is 0 Å². The molecule has 126 valence electrons. The van der Waals surface area contributed by atoms with Crippen molar-refractivity contribution >= 4 is 21.6 Å². The molecule has 0 amide bonds. The molecule has 0 unspecified atom stereocenters. The summed E-state index contributed by atoms with van der Waals surface area (Å²) in [5, 5.41) is 10.2. The smallest absolute Gasteiger partial charge is 0.382 e. The summed E-state index contributed by atoms with van der Waals surface area (Å²) in [6.45, 7) is 2.78. The van der Waals surface area contributed by atoms with Gasteiger partial charge in [-0.1, -0.05) is 12.1 Å². The van der Waals surface area contributed by atoms with Crippen molar-refractivity contribution in [3.05, 3.63) is 29.3 Å². The van der Waals surface area contributed by atoms with Crippen molar-refractivity contribution in [2.24, 2.45) is 0 Å². The fraction of sp³-hybridized carbons (Fsp3) is 0.533. The molecule has 8 heteroatoms. The second-order valence-corrected chi connectivity index (χ2v) is 6.82. The highest BCUT2D eigenvalue weighted by atomic mass is 32.1. The van der Waals surface area contributed by atoms with Crippen molar-refractivity contribution in [1.29, 1.82) is 0 Å². The molecule has 1 aliphatic heterocycles. The van der Waals surface area contributed by atoms with Crippen molar-refractivity contribution in [2.45, 2.75) is 18.8 Å². The van der Waals surface area contributed by atoms with Crippen LogP contribution in [0.4, 0.5) is 13.2 Å². The van der Waals surface area contributed by atoms with Gasteiger partial charge in [0.15, 0.2) is 6.10 Å². The molecule has 1 saturated heterocycles. The number of halogens is 3. The fourth-order valence-electron chi connectivity index (χ4n) is 2.66. The number of piperazine rings is 1. The molecule has 4 nitrogen and oxygen atoms in total. The Labute approximate surface area is 136 Å². The normalized spacial score (nSPS) is 19.3. The van der Waals surface area contributed by atoms with Gasteiger partial charge in [0.2, 0.25) is 0 Å². The zero-order valence-electron chi connectivity index (χ0n) is 12.5. The standard InChI is InChI=1S/C15H18F3N3OS/c16-15(17,18)13(22)9-20-5-7-21(8-6-20)10-14-19-11-3-1-2-4-12(11)23-14/h1-4,13,22H,5-10H2/t13-/m0/s1. The van der Waals surface area contributed by atoms with Crippen LogP contribution in [-0.2, 0) is 6.54 Å². The molecule has 2 heterocycles. The van der Waals surface area contributed by atoms with Crippen molar-refractivity contribution in [3.63, 3.8) is 0 Å². The minimum Gasteiger partial charge on any atom is -0.382 e. The Balaban J connectivity index is 1.51. The van der Waals surface area contributed by atoms with E-state index in [1.807, 2.05) is 24.3 Å². The van der Waals surface area contributed by atoms with E-state index in [2.05, 4.69) is 9.88 Å². The van der Waals surface area contributed by atoms with Crippen LogP contribution in [0.2, 0.25) is 0 Å². The van der Waals surface area contributed by atoms with E-state index in [0.29, 0.717) is 26.2 Å². The lowest BCUT2D eigenvalue weighted by atomic mass is 10.2. The molecule has 0 spiro atoms. The first-order chi connectivity index (χ1) is 10.9. The summed E-state index contributed by atoms with van der Waals surface area (Å²) in [4.78, 5) is 8.43. The topological polar surface area (TPSA) is 39.6 Å². The first kappa shape index (κ1) is 16.6. The lowest BCUT2D eigenvalue weighted by molar-refractivity contribution is -0.209. The van der Waals surface area contributed by atoms with Crippen molar-refractivity contribution in [1.82, 2.24) is 14.8 Å². The van der Waals surface area contributed by atoms with Gasteiger partial charge >= 0.3 is 6.18 Å². The van der Waals surface area contributed by atoms with Crippen LogP contribution in [0.15, 0.2) is 24.3 Å². The highest BCUT2D eigenvalue weighted by Gasteiger charge is 2.39. The van der Waals surface area contributed by atoms with E-state index in [9.17, 15) is 13.2 Å². The van der Waals surface area contributed by atoms with Crippen LogP contribution in [0, 0.1) is 0 Å². The predicted molar refractivity (Wildman–Crippen MR) is 83.4 cm³/mol. The molecule has 0 aliphatic carbocycles. The molecule has 0 saturated carbocycles. The van der Waals surface area contributed by atoms with Gasteiger partial charge in [-0.05, 0) is 12.1 Å². The van der Waals surface area contributed by atoms with E-state index >= 15 is 0 Å². The molecule has 1 atom stereocenters. The lowest BCUT2D eigenvalue weighted by Gasteiger charge is -2.35. The third-order valence-electron chi connectivity index (χ3n) is 3.97. The molecule has 1 fully saturated rings. The molecule has 23 heavy (non-hydrogen) atoms. The third-order valence-corrected chi connectivity index (χ3v) is 4.99. The van der Waals surface area contributed by atoms with Gasteiger partial charge in [-0.3, -0.25) is 9.80 Å². The Kier molecular flexibility index (Phi) is 4.86. The molecular weight excluding hydrogens is 327 g/mol. The zero-order valence-corrected chi connectivity index (χ0v) is 13.3. The summed E-state index contributed by atoms with van der Waals surface area (Å²) in [5.41, 5.74) is 0.986. The van der Waals surface area contributed by atoms with Crippen LogP contribution in [0.3, 0.4) is 0 Å². The van der Waals surface area contributed by atoms with Gasteiger partial charge in [0.1, 0.15) is 5.01 Å². The number of fused-ring (bicyclic) bond motifs is 1. The van der Waals surface area contributed by atoms with E-state index in [1.165, 1.54) is 0 Å². The molecule has 2 aromatic rings. The fourth-order valence-corrected chi connectivity index (χ4v) is 3.67. The number of rotatable bonds is 4. The number of nitrogens with zero attached hydrogens (tertiary/aromatic N) is 3. The number of β-amino-alcohol motifs (C(OH)–C–C–N with tert-alkyl or cyclic N) is 1. The summed E-state index contributed by atoms with van der Waals surface area (Å²) in [6, 6.07) is 7.95. The summed E-state index contributed by atoms with van der Waals surface area (Å²) >= 11 is 1.65. The highest BCUT2D eigenvalue weighted by Crippen LogP contribution is 2.24. The number of aromatic nitrogens is 1. The zero-order chi connectivity index (χ0) is 16.4. The number of thiazole rings is 1. The van der Waals surface area contributed by atoms with Crippen LogP contribution in [-0.4, -0.2) is 64.9 Å². The van der Waals surface area contributed by atoms with Crippen LogP contribution < -0.4 is 0 Å². The molecule has 1 aliphatic rings. The Bertz CT molecular complexity index is 620. The van der Waals surface area contributed by atoms with Crippen molar-refractivity contribution in [2.75, 3.05) is 32.7 Å². The molecule has 1 N–H and O–H groups in total. The third kappa shape index (κ3) is 4.20. The van der Waals surface area contributed by atoms with Gasteiger partial charge in [-0.15, -0.1) is 11.3 Å². The summed E-state index contributed by atoms with van der Waals surface area (Å²) in [7, 11) is 0. The van der Waals surface area contributed by atoms with E-state index in [0.717, 1.165) is 21.8 Å². The molecular formula is C15H18F3N3OS. The summed E-state index contributed by atoms with van der Waals surface area (Å²) in [5.74, 6) is 0. The monoisotopic (exact) mass is 345 g/mol. The Morgan fingerprint density at radius 1 is 1.13 bits per heavy atom. The number of aliphatic hydroxyl groups excluding tert-OH is 1. The number of benzene rings is 1. The quantitative estimate of drug-likeness (QED) is 0.923. The number of alkyl halides is 3. The maximum atomic E-state index is 12.4. The Morgan fingerprint density at radius 2 is 1.78 bits per heavy atom. The summed E-state index contributed by atoms with van der Waals surface area (Å²) in [6.07, 6.45) is -6.81. The van der Waals surface area contributed by atoms with Crippen molar-refractivity contribution < 1.29 is 18.3 Å². The average Bonchev–Trinajstić information content (AvgIpc) is 2.90. The second-order valence-electron chi connectivity index (χ2n) is 5.71. The number of hydrogen-bond donors (Lipinski definition) is 1. The first-order valence-corrected chi connectivity index (χ1v) is 8.27. The van der Waals surface area contributed by atoms with Crippen LogP contribution in [0.25, 0.3) is 10.2 Å². The SMILES string of the molecule is O[C@@H](CN1CCN(Cc2nc3ccccc3s2)CC1)C(F)(F)F. The maximum absolute atomic E-state index is 12.4. The minimum atomic E-state index is -4.54. The molecule has 0 bridgehead atoms. The average molecular weight is 345 g/mol. The van der Waals surface area contributed by atoms with Gasteiger partial charge in [-0.2, -0.15) is 13.2 Å².